The summed E-state index contributed by atoms with van der Waals surface area (Å²) in [5.74, 6) is 2.63. The molecule has 1 aromatic heterocycles. The third-order valence-electron chi connectivity index (χ3n) is 2.71. The smallest absolute Gasteiger partial charge is 0.319 e. The van der Waals surface area contributed by atoms with Gasteiger partial charge >= 0.3 is 6.03 Å². The van der Waals surface area contributed by atoms with Gasteiger partial charge in [0, 0.05) is 17.2 Å². The summed E-state index contributed by atoms with van der Waals surface area (Å²) in [6.07, 6.45) is 3.66. The lowest BCUT2D eigenvalue weighted by molar-refractivity contribution is 0.252. The second-order valence-electron chi connectivity index (χ2n) is 4.21. The zero-order valence-corrected chi connectivity index (χ0v) is 13.4. The van der Waals surface area contributed by atoms with Crippen molar-refractivity contribution in [2.45, 2.75) is 10.6 Å². The fourth-order valence-electron chi connectivity index (χ4n) is 1.72. The van der Waals surface area contributed by atoms with Crippen molar-refractivity contribution < 1.29 is 9.21 Å². The number of benzene rings is 1. The van der Waals surface area contributed by atoms with Gasteiger partial charge < -0.3 is 15.1 Å². The summed E-state index contributed by atoms with van der Waals surface area (Å²) in [5.41, 5.74) is 0.839. The molecule has 0 unspecified atom stereocenters. The average Bonchev–Trinajstić information content (AvgIpc) is 3.01. The maximum atomic E-state index is 11.8. The predicted molar refractivity (Wildman–Crippen MR) is 90.1 cm³/mol. The Morgan fingerprint density at radius 2 is 2.10 bits per heavy atom. The molecule has 0 aliphatic heterocycles. The van der Waals surface area contributed by atoms with E-state index in [-0.39, 0.29) is 6.03 Å². The van der Waals surface area contributed by atoms with Gasteiger partial charge in [-0.1, -0.05) is 12.1 Å². The van der Waals surface area contributed by atoms with Crippen molar-refractivity contribution >= 4 is 35.2 Å². The molecule has 21 heavy (non-hydrogen) atoms. The van der Waals surface area contributed by atoms with E-state index < -0.39 is 0 Å². The number of carbonyl (C=O) groups is 1. The number of nitrogens with one attached hydrogen (secondary N) is 2. The topological polar surface area (TPSA) is 54.3 Å². The van der Waals surface area contributed by atoms with Gasteiger partial charge in [-0.15, -0.1) is 11.8 Å². The van der Waals surface area contributed by atoms with Gasteiger partial charge in [0.15, 0.2) is 0 Å². The van der Waals surface area contributed by atoms with Crippen LogP contribution in [0.25, 0.3) is 0 Å². The fraction of sp³-hybridized carbons (Fsp3) is 0.267. The van der Waals surface area contributed by atoms with Crippen LogP contribution in [0, 0.1) is 0 Å². The number of anilines is 1. The normalized spacial score (nSPS) is 10.3. The highest BCUT2D eigenvalue weighted by atomic mass is 32.2. The molecule has 2 N–H and O–H groups in total. The number of furan rings is 1. The van der Waals surface area contributed by atoms with Crippen molar-refractivity contribution in [2.75, 3.05) is 23.9 Å². The molecule has 0 radical (unpaired) electrons. The maximum absolute atomic E-state index is 11.8. The molecule has 6 heteroatoms. The second-order valence-corrected chi connectivity index (χ2v) is 6.17. The van der Waals surface area contributed by atoms with Crippen LogP contribution in [0.15, 0.2) is 52.0 Å². The summed E-state index contributed by atoms with van der Waals surface area (Å²) in [5, 5.41) is 5.72. The SMILES string of the molecule is CSc1ccccc1NC(=O)NCCSCc1ccco1. The minimum Gasteiger partial charge on any atom is -0.468 e. The Balaban J connectivity index is 1.65. The number of urea groups is 1. The molecule has 2 amide bonds. The Bertz CT molecular complexity index is 559. The van der Waals surface area contributed by atoms with Crippen molar-refractivity contribution in [1.82, 2.24) is 5.32 Å². The van der Waals surface area contributed by atoms with Gasteiger partial charge in [0.05, 0.1) is 17.7 Å². The minimum absolute atomic E-state index is 0.171. The van der Waals surface area contributed by atoms with Crippen LogP contribution >= 0.6 is 23.5 Å². The van der Waals surface area contributed by atoms with E-state index in [0.29, 0.717) is 6.54 Å². The lowest BCUT2D eigenvalue weighted by Crippen LogP contribution is -2.30. The Hall–Kier alpha value is -1.53. The van der Waals surface area contributed by atoms with Gasteiger partial charge in [0.1, 0.15) is 5.76 Å². The number of carbonyl (C=O) groups excluding carboxylic acids is 1. The zero-order chi connectivity index (χ0) is 14.9. The summed E-state index contributed by atoms with van der Waals surface area (Å²) < 4.78 is 5.24. The quantitative estimate of drug-likeness (QED) is 0.596. The monoisotopic (exact) mass is 322 g/mol. The molecule has 0 fully saturated rings. The lowest BCUT2D eigenvalue weighted by Gasteiger charge is -2.10. The fourth-order valence-corrected chi connectivity index (χ4v) is 3.03. The number of hydrogen-bond acceptors (Lipinski definition) is 4. The molecule has 0 saturated heterocycles. The van der Waals surface area contributed by atoms with Crippen LogP contribution in [0.3, 0.4) is 0 Å². The van der Waals surface area contributed by atoms with Gasteiger partial charge in [0.2, 0.25) is 0 Å². The van der Waals surface area contributed by atoms with Crippen LogP contribution in [0.2, 0.25) is 0 Å². The Labute approximate surface area is 133 Å². The van der Waals surface area contributed by atoms with E-state index >= 15 is 0 Å². The van der Waals surface area contributed by atoms with E-state index in [0.717, 1.165) is 27.8 Å². The number of amides is 2. The van der Waals surface area contributed by atoms with Crippen LogP contribution < -0.4 is 10.6 Å². The Morgan fingerprint density at radius 3 is 2.86 bits per heavy atom. The standard InChI is InChI=1S/C15H18N2O2S2/c1-20-14-7-3-2-6-13(14)17-15(18)16-8-10-21-11-12-5-4-9-19-12/h2-7,9H,8,10-11H2,1H3,(H2,16,17,18). The first-order valence-corrected chi connectivity index (χ1v) is 8.95. The van der Waals surface area contributed by atoms with Gasteiger partial charge in [-0.2, -0.15) is 11.8 Å². The van der Waals surface area contributed by atoms with E-state index in [1.807, 2.05) is 42.7 Å². The number of hydrogen-bond donors (Lipinski definition) is 2. The molecule has 0 spiro atoms. The van der Waals surface area contributed by atoms with Gasteiger partial charge in [-0.3, -0.25) is 0 Å². The maximum Gasteiger partial charge on any atom is 0.319 e. The number of rotatable bonds is 7. The van der Waals surface area contributed by atoms with Crippen LogP contribution in [0.4, 0.5) is 10.5 Å². The lowest BCUT2D eigenvalue weighted by atomic mass is 10.3. The summed E-state index contributed by atoms with van der Waals surface area (Å²) in [6.45, 7) is 0.624. The molecule has 0 bridgehead atoms. The van der Waals surface area contributed by atoms with Gasteiger partial charge in [0.25, 0.3) is 0 Å². The van der Waals surface area contributed by atoms with E-state index in [2.05, 4.69) is 10.6 Å². The summed E-state index contributed by atoms with van der Waals surface area (Å²) in [4.78, 5) is 12.9. The first kappa shape index (κ1) is 15.9. The van der Waals surface area contributed by atoms with Crippen molar-refractivity contribution in [1.29, 1.82) is 0 Å². The third kappa shape index (κ3) is 5.40. The minimum atomic E-state index is -0.171. The van der Waals surface area contributed by atoms with E-state index in [9.17, 15) is 4.79 Å². The number of thioether (sulfide) groups is 2. The average molecular weight is 322 g/mol. The third-order valence-corrected chi connectivity index (χ3v) is 4.49. The molecular formula is C15H18N2O2S2. The zero-order valence-electron chi connectivity index (χ0n) is 11.8. The molecule has 1 aromatic carbocycles. The molecule has 0 aliphatic carbocycles. The van der Waals surface area contributed by atoms with E-state index in [4.69, 9.17) is 4.42 Å². The van der Waals surface area contributed by atoms with Crippen molar-refractivity contribution in [3.8, 4) is 0 Å². The molecule has 1 heterocycles. The second kappa shape index (κ2) is 8.69. The molecule has 2 aromatic rings. The predicted octanol–water partition coefficient (Wildman–Crippen LogP) is 4.06. The number of para-hydroxylation sites is 1. The van der Waals surface area contributed by atoms with Gasteiger partial charge in [-0.05, 0) is 30.5 Å². The molecule has 0 saturated carbocycles. The summed E-state index contributed by atoms with van der Waals surface area (Å²) in [7, 11) is 0. The van der Waals surface area contributed by atoms with Crippen LogP contribution in [-0.2, 0) is 5.75 Å². The Kier molecular flexibility index (Phi) is 6.56. The molecule has 4 nitrogen and oxygen atoms in total. The molecule has 2 rings (SSSR count). The van der Waals surface area contributed by atoms with Gasteiger partial charge in [-0.25, -0.2) is 4.79 Å². The largest absolute Gasteiger partial charge is 0.468 e. The van der Waals surface area contributed by atoms with E-state index in [1.165, 1.54) is 0 Å². The van der Waals surface area contributed by atoms with Crippen molar-refractivity contribution in [3.05, 3.63) is 48.4 Å². The highest BCUT2D eigenvalue weighted by Crippen LogP contribution is 2.24. The first-order chi connectivity index (χ1) is 10.3. The Morgan fingerprint density at radius 1 is 1.24 bits per heavy atom. The van der Waals surface area contributed by atoms with Crippen molar-refractivity contribution in [3.63, 3.8) is 0 Å². The van der Waals surface area contributed by atoms with Crippen molar-refractivity contribution in [2.24, 2.45) is 0 Å². The highest BCUT2D eigenvalue weighted by molar-refractivity contribution is 7.98. The molecule has 112 valence electrons. The summed E-state index contributed by atoms with van der Waals surface area (Å²) in [6, 6.07) is 11.4. The van der Waals surface area contributed by atoms with Crippen LogP contribution in [0.1, 0.15) is 5.76 Å². The summed E-state index contributed by atoms with van der Waals surface area (Å²) >= 11 is 3.34. The van der Waals surface area contributed by atoms with E-state index in [1.54, 1.807) is 29.8 Å². The molecule has 0 atom stereocenters. The first-order valence-electron chi connectivity index (χ1n) is 6.57. The van der Waals surface area contributed by atoms with Crippen LogP contribution in [0.5, 0.6) is 0 Å². The highest BCUT2D eigenvalue weighted by Gasteiger charge is 2.05. The molecule has 0 aliphatic rings. The van der Waals surface area contributed by atoms with Crippen LogP contribution in [-0.4, -0.2) is 24.6 Å². The molecular weight excluding hydrogens is 304 g/mol.